The van der Waals surface area contributed by atoms with Crippen LogP contribution in [0.15, 0.2) is 47.6 Å². The van der Waals surface area contributed by atoms with Crippen molar-refractivity contribution in [2.45, 2.75) is 17.9 Å². The Balaban J connectivity index is 1.44. The third-order valence-electron chi connectivity index (χ3n) is 4.83. The maximum Gasteiger partial charge on any atom is 0.243 e. The molecule has 2 aromatic rings. The molecule has 2 aliphatic rings. The first-order chi connectivity index (χ1) is 12.5. The minimum Gasteiger partial charge on any atom is -0.326 e. The predicted molar refractivity (Wildman–Crippen MR) is 97.0 cm³/mol. The number of carbonyl (C=O) groups is 1. The average Bonchev–Trinajstić information content (AvgIpc) is 3.02. The highest BCUT2D eigenvalue weighted by Crippen LogP contribution is 2.27. The van der Waals surface area contributed by atoms with E-state index in [1.165, 1.54) is 9.87 Å². The van der Waals surface area contributed by atoms with Gasteiger partial charge in [0.25, 0.3) is 0 Å². The highest BCUT2D eigenvalue weighted by Gasteiger charge is 2.30. The van der Waals surface area contributed by atoms with Gasteiger partial charge in [0.15, 0.2) is 0 Å². The van der Waals surface area contributed by atoms with E-state index in [0.29, 0.717) is 31.9 Å². The molecule has 0 unspecified atom stereocenters. The highest BCUT2D eigenvalue weighted by molar-refractivity contribution is 7.89. The van der Waals surface area contributed by atoms with Crippen molar-refractivity contribution in [3.05, 3.63) is 53.9 Å². The molecule has 8 heteroatoms. The molecular formula is C18H20N4O3S. The summed E-state index contributed by atoms with van der Waals surface area (Å²) in [6, 6.07) is 8.81. The molecule has 1 aromatic heterocycles. The highest BCUT2D eigenvalue weighted by atomic mass is 32.2. The van der Waals surface area contributed by atoms with Gasteiger partial charge in [-0.2, -0.15) is 4.31 Å². The van der Waals surface area contributed by atoms with Gasteiger partial charge in [-0.15, -0.1) is 0 Å². The third kappa shape index (κ3) is 3.35. The van der Waals surface area contributed by atoms with Gasteiger partial charge in [0.1, 0.15) is 0 Å². The third-order valence-corrected chi connectivity index (χ3v) is 6.72. The number of amides is 1. The fourth-order valence-corrected chi connectivity index (χ4v) is 4.86. The lowest BCUT2D eigenvalue weighted by Crippen LogP contribution is -2.48. The first kappa shape index (κ1) is 17.1. The van der Waals surface area contributed by atoms with Gasteiger partial charge in [-0.05, 0) is 41.5 Å². The van der Waals surface area contributed by atoms with E-state index in [4.69, 9.17) is 0 Å². The number of hydrogen-bond donors (Lipinski definition) is 1. The Morgan fingerprint density at radius 3 is 2.50 bits per heavy atom. The van der Waals surface area contributed by atoms with Gasteiger partial charge in [0, 0.05) is 50.8 Å². The van der Waals surface area contributed by atoms with E-state index in [9.17, 15) is 13.2 Å². The Morgan fingerprint density at radius 2 is 1.77 bits per heavy atom. The van der Waals surface area contributed by atoms with Gasteiger partial charge < -0.3 is 5.32 Å². The van der Waals surface area contributed by atoms with Gasteiger partial charge >= 0.3 is 0 Å². The predicted octanol–water partition coefficient (Wildman–Crippen LogP) is 1.08. The van der Waals surface area contributed by atoms with Crippen LogP contribution in [0.3, 0.4) is 0 Å². The largest absolute Gasteiger partial charge is 0.326 e. The Hall–Kier alpha value is -2.29. The molecule has 2 aliphatic heterocycles. The summed E-state index contributed by atoms with van der Waals surface area (Å²) in [4.78, 5) is 18.0. The van der Waals surface area contributed by atoms with Gasteiger partial charge in [0.05, 0.1) is 11.3 Å². The molecule has 3 heterocycles. The van der Waals surface area contributed by atoms with Crippen molar-refractivity contribution in [2.75, 3.05) is 31.5 Å². The number of piperazine rings is 1. The van der Waals surface area contributed by atoms with Crippen LogP contribution in [0.5, 0.6) is 0 Å². The second-order valence-electron chi connectivity index (χ2n) is 6.58. The van der Waals surface area contributed by atoms with Gasteiger partial charge in [-0.1, -0.05) is 0 Å². The smallest absolute Gasteiger partial charge is 0.243 e. The fraction of sp³-hybridized carbons (Fsp3) is 0.333. The number of rotatable bonds is 4. The summed E-state index contributed by atoms with van der Waals surface area (Å²) in [5.74, 6) is -0.0979. The molecule has 4 rings (SSSR count). The van der Waals surface area contributed by atoms with E-state index in [0.717, 1.165) is 12.1 Å². The summed E-state index contributed by atoms with van der Waals surface area (Å²) < 4.78 is 27.4. The maximum atomic E-state index is 12.9. The number of aromatic nitrogens is 1. The number of fused-ring (bicyclic) bond motifs is 1. The van der Waals surface area contributed by atoms with E-state index < -0.39 is 10.0 Å². The summed E-state index contributed by atoms with van der Waals surface area (Å²) in [6.45, 7) is 3.09. The number of anilines is 1. The van der Waals surface area contributed by atoms with Crippen LogP contribution in [0.1, 0.15) is 11.1 Å². The van der Waals surface area contributed by atoms with Crippen LogP contribution in [0.4, 0.5) is 5.69 Å². The second-order valence-corrected chi connectivity index (χ2v) is 8.52. The lowest BCUT2D eigenvalue weighted by molar-refractivity contribution is -0.115. The zero-order chi connectivity index (χ0) is 18.1. The van der Waals surface area contributed by atoms with Crippen LogP contribution in [-0.4, -0.2) is 54.7 Å². The standard InChI is InChI=1S/C18H20N4O3S/c23-18-12-15-11-16(1-2-17(15)20-18)26(24,25)22-9-7-21(8-10-22)13-14-3-5-19-6-4-14/h1-6,11H,7-10,12-13H2,(H,20,23). The van der Waals surface area contributed by atoms with Gasteiger partial charge in [-0.25, -0.2) is 8.42 Å². The van der Waals surface area contributed by atoms with E-state index in [2.05, 4.69) is 15.2 Å². The second kappa shape index (κ2) is 6.79. The molecule has 0 bridgehead atoms. The molecule has 0 saturated carbocycles. The van der Waals surface area contributed by atoms with Crippen LogP contribution in [-0.2, 0) is 27.8 Å². The summed E-state index contributed by atoms with van der Waals surface area (Å²) >= 11 is 0. The fourth-order valence-electron chi connectivity index (χ4n) is 3.39. The quantitative estimate of drug-likeness (QED) is 0.869. The molecule has 1 aromatic carbocycles. The molecule has 7 nitrogen and oxygen atoms in total. The van der Waals surface area contributed by atoms with Gasteiger partial charge in [0.2, 0.25) is 15.9 Å². The molecule has 1 saturated heterocycles. The number of sulfonamides is 1. The monoisotopic (exact) mass is 372 g/mol. The van der Waals surface area contributed by atoms with Crippen molar-refractivity contribution >= 4 is 21.6 Å². The zero-order valence-electron chi connectivity index (χ0n) is 14.3. The molecule has 0 spiro atoms. The van der Waals surface area contributed by atoms with Crippen LogP contribution in [0.2, 0.25) is 0 Å². The number of carbonyl (C=O) groups excluding carboxylic acids is 1. The van der Waals surface area contributed by atoms with Gasteiger partial charge in [-0.3, -0.25) is 14.7 Å². The van der Waals surface area contributed by atoms with Crippen LogP contribution in [0.25, 0.3) is 0 Å². The molecule has 0 aliphatic carbocycles. The average molecular weight is 372 g/mol. The maximum absolute atomic E-state index is 12.9. The number of nitrogens with zero attached hydrogens (tertiary/aromatic N) is 3. The minimum atomic E-state index is -3.54. The summed E-state index contributed by atoms with van der Waals surface area (Å²) in [6.07, 6.45) is 3.77. The molecule has 26 heavy (non-hydrogen) atoms. The molecule has 136 valence electrons. The Bertz CT molecular complexity index is 923. The van der Waals surface area contributed by atoms with E-state index in [1.807, 2.05) is 12.1 Å². The molecule has 1 fully saturated rings. The first-order valence-electron chi connectivity index (χ1n) is 8.56. The SMILES string of the molecule is O=C1Cc2cc(S(=O)(=O)N3CCN(Cc4ccncc4)CC3)ccc2N1. The van der Waals surface area contributed by atoms with Crippen molar-refractivity contribution in [2.24, 2.45) is 0 Å². The van der Waals surface area contributed by atoms with Crippen molar-refractivity contribution in [3.63, 3.8) is 0 Å². The molecule has 0 radical (unpaired) electrons. The van der Waals surface area contributed by atoms with Crippen molar-refractivity contribution in [1.29, 1.82) is 0 Å². The van der Waals surface area contributed by atoms with Crippen LogP contribution in [0, 0.1) is 0 Å². The molecule has 1 N–H and O–H groups in total. The van der Waals surface area contributed by atoms with E-state index in [1.54, 1.807) is 30.6 Å². The van der Waals surface area contributed by atoms with Crippen molar-refractivity contribution in [3.8, 4) is 0 Å². The lowest BCUT2D eigenvalue weighted by atomic mass is 10.2. The molecular weight excluding hydrogens is 352 g/mol. The Kier molecular flexibility index (Phi) is 4.47. The summed E-state index contributed by atoms with van der Waals surface area (Å²) in [5, 5.41) is 2.73. The Labute approximate surface area is 152 Å². The lowest BCUT2D eigenvalue weighted by Gasteiger charge is -2.34. The zero-order valence-corrected chi connectivity index (χ0v) is 15.1. The number of benzene rings is 1. The van der Waals surface area contributed by atoms with Crippen LogP contribution < -0.4 is 5.32 Å². The number of nitrogens with one attached hydrogen (secondary N) is 1. The van der Waals surface area contributed by atoms with Crippen LogP contribution >= 0.6 is 0 Å². The normalized spacial score (nSPS) is 18.5. The number of pyridine rings is 1. The van der Waals surface area contributed by atoms with E-state index >= 15 is 0 Å². The topological polar surface area (TPSA) is 82.6 Å². The van der Waals surface area contributed by atoms with Crippen molar-refractivity contribution in [1.82, 2.24) is 14.2 Å². The molecule has 1 amide bonds. The Morgan fingerprint density at radius 1 is 1.04 bits per heavy atom. The minimum absolute atomic E-state index is 0.0979. The first-order valence-corrected chi connectivity index (χ1v) is 10.0. The van der Waals surface area contributed by atoms with E-state index in [-0.39, 0.29) is 17.2 Å². The summed E-state index contributed by atoms with van der Waals surface area (Å²) in [5.41, 5.74) is 2.62. The molecule has 0 atom stereocenters. The van der Waals surface area contributed by atoms with Crippen molar-refractivity contribution < 1.29 is 13.2 Å². The summed E-state index contributed by atoms with van der Waals surface area (Å²) in [7, 11) is -3.54. The number of hydrogen-bond acceptors (Lipinski definition) is 5.